The second-order valence-corrected chi connectivity index (χ2v) is 6.17. The summed E-state index contributed by atoms with van der Waals surface area (Å²) in [5.41, 5.74) is 3.41. The standard InChI is InChI=1S/C19H18ClN5O/c1-12-6-7-14(20)10-17(12)24-19-21-9-8-18(25-19)23-16-5-3-4-15(11-16)22-13(2)26/h3-11H,1-2H3,(H,22,26)(H2,21,23,24,25). The van der Waals surface area contributed by atoms with E-state index in [1.807, 2.05) is 49.4 Å². The molecule has 0 radical (unpaired) electrons. The number of hydrogen-bond donors (Lipinski definition) is 3. The minimum absolute atomic E-state index is 0.118. The summed E-state index contributed by atoms with van der Waals surface area (Å²) in [5, 5.41) is 9.77. The van der Waals surface area contributed by atoms with Gasteiger partial charge < -0.3 is 16.0 Å². The highest BCUT2D eigenvalue weighted by atomic mass is 35.5. The highest BCUT2D eigenvalue weighted by Gasteiger charge is 2.05. The van der Waals surface area contributed by atoms with Crippen LogP contribution in [0.2, 0.25) is 5.02 Å². The molecule has 0 unspecified atom stereocenters. The van der Waals surface area contributed by atoms with Crippen molar-refractivity contribution >= 4 is 46.3 Å². The Hall–Kier alpha value is -3.12. The van der Waals surface area contributed by atoms with E-state index in [0.717, 1.165) is 16.9 Å². The number of nitrogens with zero attached hydrogens (tertiary/aromatic N) is 2. The molecule has 1 heterocycles. The molecule has 0 saturated carbocycles. The fourth-order valence-corrected chi connectivity index (χ4v) is 2.54. The second kappa shape index (κ2) is 7.84. The zero-order valence-corrected chi connectivity index (χ0v) is 15.1. The van der Waals surface area contributed by atoms with E-state index in [1.54, 1.807) is 12.3 Å². The van der Waals surface area contributed by atoms with Gasteiger partial charge >= 0.3 is 0 Å². The summed E-state index contributed by atoms with van der Waals surface area (Å²) in [4.78, 5) is 19.9. The van der Waals surface area contributed by atoms with Crippen molar-refractivity contribution in [1.82, 2.24) is 9.97 Å². The lowest BCUT2D eigenvalue weighted by Crippen LogP contribution is -2.06. The molecule has 0 spiro atoms. The van der Waals surface area contributed by atoms with Crippen LogP contribution >= 0.6 is 11.6 Å². The van der Waals surface area contributed by atoms with Gasteiger partial charge in [-0.2, -0.15) is 4.98 Å². The van der Waals surface area contributed by atoms with Crippen LogP contribution in [0.1, 0.15) is 12.5 Å². The van der Waals surface area contributed by atoms with Gasteiger partial charge in [0.1, 0.15) is 5.82 Å². The zero-order valence-electron chi connectivity index (χ0n) is 14.4. The van der Waals surface area contributed by atoms with Crippen LogP contribution in [0.3, 0.4) is 0 Å². The van der Waals surface area contributed by atoms with Gasteiger partial charge in [0.2, 0.25) is 11.9 Å². The van der Waals surface area contributed by atoms with E-state index in [2.05, 4.69) is 25.9 Å². The molecule has 0 atom stereocenters. The van der Waals surface area contributed by atoms with Crippen LogP contribution < -0.4 is 16.0 Å². The summed E-state index contributed by atoms with van der Waals surface area (Å²) in [6, 6.07) is 14.8. The monoisotopic (exact) mass is 367 g/mol. The Morgan fingerprint density at radius 2 is 1.85 bits per heavy atom. The first-order valence-corrected chi connectivity index (χ1v) is 8.38. The van der Waals surface area contributed by atoms with Crippen molar-refractivity contribution < 1.29 is 4.79 Å². The number of halogens is 1. The fourth-order valence-electron chi connectivity index (χ4n) is 2.36. The molecular weight excluding hydrogens is 350 g/mol. The molecule has 0 aliphatic heterocycles. The van der Waals surface area contributed by atoms with Gasteiger partial charge in [0.25, 0.3) is 0 Å². The number of aryl methyl sites for hydroxylation is 1. The Kier molecular flexibility index (Phi) is 5.34. The maximum absolute atomic E-state index is 11.2. The summed E-state index contributed by atoms with van der Waals surface area (Å²) >= 11 is 6.05. The van der Waals surface area contributed by atoms with Crippen molar-refractivity contribution in [1.29, 1.82) is 0 Å². The number of carbonyl (C=O) groups is 1. The maximum atomic E-state index is 11.2. The Morgan fingerprint density at radius 3 is 2.65 bits per heavy atom. The van der Waals surface area contributed by atoms with Crippen LogP contribution in [0, 0.1) is 6.92 Å². The van der Waals surface area contributed by atoms with E-state index < -0.39 is 0 Å². The molecule has 2 aromatic carbocycles. The fraction of sp³-hybridized carbons (Fsp3) is 0.105. The molecule has 0 aliphatic rings. The third-order valence-corrected chi connectivity index (χ3v) is 3.79. The smallest absolute Gasteiger partial charge is 0.229 e. The first kappa shape index (κ1) is 17.7. The lowest BCUT2D eigenvalue weighted by atomic mass is 10.2. The minimum Gasteiger partial charge on any atom is -0.340 e. The topological polar surface area (TPSA) is 78.9 Å². The number of rotatable bonds is 5. The number of aromatic nitrogens is 2. The van der Waals surface area contributed by atoms with Crippen molar-refractivity contribution in [3.8, 4) is 0 Å². The lowest BCUT2D eigenvalue weighted by Gasteiger charge is -2.11. The van der Waals surface area contributed by atoms with Gasteiger partial charge in [-0.25, -0.2) is 4.98 Å². The Balaban J connectivity index is 1.77. The highest BCUT2D eigenvalue weighted by Crippen LogP contribution is 2.24. The van der Waals surface area contributed by atoms with E-state index in [-0.39, 0.29) is 5.91 Å². The SMILES string of the molecule is CC(=O)Nc1cccc(Nc2ccnc(Nc3cc(Cl)ccc3C)n2)c1. The first-order valence-electron chi connectivity index (χ1n) is 8.00. The first-order chi connectivity index (χ1) is 12.5. The average molecular weight is 368 g/mol. The van der Waals surface area contributed by atoms with Crippen LogP contribution in [0.4, 0.5) is 28.8 Å². The summed E-state index contributed by atoms with van der Waals surface area (Å²) in [7, 11) is 0. The highest BCUT2D eigenvalue weighted by molar-refractivity contribution is 6.30. The molecule has 3 N–H and O–H groups in total. The van der Waals surface area contributed by atoms with Crippen LogP contribution in [0.25, 0.3) is 0 Å². The molecule has 1 amide bonds. The zero-order chi connectivity index (χ0) is 18.5. The molecule has 1 aromatic heterocycles. The van der Waals surface area contributed by atoms with Gasteiger partial charge in [-0.05, 0) is 48.9 Å². The van der Waals surface area contributed by atoms with Crippen molar-refractivity contribution in [2.75, 3.05) is 16.0 Å². The molecule has 0 aliphatic carbocycles. The molecule has 0 fully saturated rings. The van der Waals surface area contributed by atoms with E-state index in [4.69, 9.17) is 11.6 Å². The van der Waals surface area contributed by atoms with Crippen molar-refractivity contribution in [3.05, 3.63) is 65.3 Å². The Morgan fingerprint density at radius 1 is 1.04 bits per heavy atom. The quantitative estimate of drug-likeness (QED) is 0.598. The maximum Gasteiger partial charge on any atom is 0.229 e. The molecule has 26 heavy (non-hydrogen) atoms. The largest absolute Gasteiger partial charge is 0.340 e. The van der Waals surface area contributed by atoms with Gasteiger partial charge in [-0.1, -0.05) is 23.7 Å². The number of nitrogens with one attached hydrogen (secondary N) is 3. The van der Waals surface area contributed by atoms with Gasteiger partial charge in [0.15, 0.2) is 0 Å². The predicted octanol–water partition coefficient (Wildman–Crippen LogP) is 4.88. The van der Waals surface area contributed by atoms with E-state index in [0.29, 0.717) is 22.5 Å². The van der Waals surface area contributed by atoms with Crippen LogP contribution in [0.15, 0.2) is 54.7 Å². The van der Waals surface area contributed by atoms with Crippen molar-refractivity contribution in [2.24, 2.45) is 0 Å². The van der Waals surface area contributed by atoms with Crippen LogP contribution in [-0.2, 0) is 4.79 Å². The number of carbonyl (C=O) groups excluding carboxylic acids is 1. The van der Waals surface area contributed by atoms with Crippen molar-refractivity contribution in [3.63, 3.8) is 0 Å². The molecule has 0 bridgehead atoms. The minimum atomic E-state index is -0.118. The van der Waals surface area contributed by atoms with Gasteiger partial charge in [0, 0.05) is 35.2 Å². The predicted molar refractivity (Wildman–Crippen MR) is 106 cm³/mol. The van der Waals surface area contributed by atoms with Gasteiger partial charge in [0.05, 0.1) is 0 Å². The van der Waals surface area contributed by atoms with E-state index >= 15 is 0 Å². The molecular formula is C19H18ClN5O. The summed E-state index contributed by atoms with van der Waals surface area (Å²) in [5.74, 6) is 0.966. The third-order valence-electron chi connectivity index (χ3n) is 3.56. The number of hydrogen-bond acceptors (Lipinski definition) is 5. The summed E-state index contributed by atoms with van der Waals surface area (Å²) in [6.45, 7) is 3.45. The number of benzene rings is 2. The third kappa shape index (κ3) is 4.70. The molecule has 7 heteroatoms. The van der Waals surface area contributed by atoms with E-state index in [9.17, 15) is 4.79 Å². The van der Waals surface area contributed by atoms with Gasteiger partial charge in [-0.15, -0.1) is 0 Å². The lowest BCUT2D eigenvalue weighted by molar-refractivity contribution is -0.114. The Labute approximate surface area is 156 Å². The van der Waals surface area contributed by atoms with Crippen LogP contribution in [0.5, 0.6) is 0 Å². The molecule has 6 nitrogen and oxygen atoms in total. The normalized spacial score (nSPS) is 10.3. The molecule has 3 rings (SSSR count). The van der Waals surface area contributed by atoms with Crippen LogP contribution in [-0.4, -0.2) is 15.9 Å². The van der Waals surface area contributed by atoms with Gasteiger partial charge in [-0.3, -0.25) is 4.79 Å². The molecule has 3 aromatic rings. The second-order valence-electron chi connectivity index (χ2n) is 5.74. The molecule has 0 saturated heterocycles. The number of anilines is 5. The summed E-state index contributed by atoms with van der Waals surface area (Å²) in [6.07, 6.45) is 1.66. The van der Waals surface area contributed by atoms with Crippen molar-refractivity contribution in [2.45, 2.75) is 13.8 Å². The average Bonchev–Trinajstić information content (AvgIpc) is 2.58. The van der Waals surface area contributed by atoms with E-state index in [1.165, 1.54) is 6.92 Å². The summed E-state index contributed by atoms with van der Waals surface area (Å²) < 4.78 is 0. The molecule has 132 valence electrons. The Bertz CT molecular complexity index is 945. The number of amides is 1.